The second kappa shape index (κ2) is 7.45. The van der Waals surface area contributed by atoms with E-state index in [2.05, 4.69) is 12.2 Å². The number of nitrogen functional groups attached to an aromatic ring is 2. The third-order valence-electron chi connectivity index (χ3n) is 6.11. The first-order valence-electron chi connectivity index (χ1n) is 9.52. The molecule has 0 saturated heterocycles. The van der Waals surface area contributed by atoms with Crippen LogP contribution < -0.4 is 16.8 Å². The van der Waals surface area contributed by atoms with Crippen molar-refractivity contribution in [1.29, 1.82) is 5.41 Å². The minimum atomic E-state index is 0.416. The van der Waals surface area contributed by atoms with E-state index in [0.717, 1.165) is 23.3 Å². The van der Waals surface area contributed by atoms with E-state index < -0.39 is 0 Å². The Kier molecular flexibility index (Phi) is 5.32. The fourth-order valence-electron chi connectivity index (χ4n) is 4.60. The number of hydrogen-bond acceptors (Lipinski definition) is 3. The predicted octanol–water partition coefficient (Wildman–Crippen LogP) is 4.15. The Morgan fingerprint density at radius 3 is 1.92 bits per heavy atom. The molecule has 1 aromatic rings. The summed E-state index contributed by atoms with van der Waals surface area (Å²) in [7, 11) is 0. The molecule has 0 heterocycles. The Balaban J connectivity index is 1.49. The summed E-state index contributed by atoms with van der Waals surface area (Å²) < 4.78 is 0. The molecule has 0 aromatic heterocycles. The van der Waals surface area contributed by atoms with Gasteiger partial charge in [0.1, 0.15) is 5.84 Å². The lowest BCUT2D eigenvalue weighted by Crippen LogP contribution is -2.39. The highest BCUT2D eigenvalue weighted by Crippen LogP contribution is 2.39. The zero-order valence-electron chi connectivity index (χ0n) is 14.9. The lowest BCUT2D eigenvalue weighted by molar-refractivity contribution is 0.162. The zero-order valence-corrected chi connectivity index (χ0v) is 14.9. The smallest absolute Gasteiger partial charge is 0.125 e. The van der Waals surface area contributed by atoms with Crippen molar-refractivity contribution in [1.82, 2.24) is 5.32 Å². The Hall–Kier alpha value is -1.71. The van der Waals surface area contributed by atoms with Crippen molar-refractivity contribution in [2.45, 2.75) is 64.3 Å². The van der Waals surface area contributed by atoms with Crippen molar-refractivity contribution in [2.24, 2.45) is 17.8 Å². The number of rotatable bonds is 3. The van der Waals surface area contributed by atoms with Crippen molar-refractivity contribution in [3.63, 3.8) is 0 Å². The lowest BCUT2D eigenvalue weighted by Gasteiger charge is -2.37. The molecule has 24 heavy (non-hydrogen) atoms. The van der Waals surface area contributed by atoms with E-state index in [9.17, 15) is 0 Å². The lowest BCUT2D eigenvalue weighted by atomic mass is 9.70. The van der Waals surface area contributed by atoms with Gasteiger partial charge in [-0.05, 0) is 74.5 Å². The summed E-state index contributed by atoms with van der Waals surface area (Å²) in [5.41, 5.74) is 13.7. The van der Waals surface area contributed by atoms with Crippen molar-refractivity contribution in [3.8, 4) is 0 Å². The Labute approximate surface area is 145 Å². The van der Waals surface area contributed by atoms with Gasteiger partial charge in [-0.3, -0.25) is 5.41 Å². The molecule has 132 valence electrons. The first-order valence-corrected chi connectivity index (χ1v) is 9.52. The summed E-state index contributed by atoms with van der Waals surface area (Å²) in [6.45, 7) is 2.39. The van der Waals surface area contributed by atoms with Gasteiger partial charge in [0.05, 0.1) is 0 Å². The van der Waals surface area contributed by atoms with Crippen LogP contribution in [-0.2, 0) is 0 Å². The first kappa shape index (κ1) is 17.1. The number of amidine groups is 1. The maximum absolute atomic E-state index is 8.31. The van der Waals surface area contributed by atoms with Crippen LogP contribution in [-0.4, -0.2) is 11.9 Å². The third-order valence-corrected chi connectivity index (χ3v) is 6.11. The second-order valence-corrected chi connectivity index (χ2v) is 8.04. The van der Waals surface area contributed by atoms with E-state index in [-0.39, 0.29) is 0 Å². The van der Waals surface area contributed by atoms with Crippen LogP contribution in [0.2, 0.25) is 0 Å². The van der Waals surface area contributed by atoms with Gasteiger partial charge in [0.2, 0.25) is 0 Å². The summed E-state index contributed by atoms with van der Waals surface area (Å²) >= 11 is 0. The summed E-state index contributed by atoms with van der Waals surface area (Å²) in [5.74, 6) is 3.25. The molecule has 6 N–H and O–H groups in total. The first-order chi connectivity index (χ1) is 11.5. The Bertz CT molecular complexity index is 547. The molecule has 4 heteroatoms. The molecule has 0 radical (unpaired) electrons. The highest BCUT2D eigenvalue weighted by Gasteiger charge is 2.30. The van der Waals surface area contributed by atoms with Gasteiger partial charge in [-0.1, -0.05) is 19.8 Å². The van der Waals surface area contributed by atoms with Gasteiger partial charge < -0.3 is 16.8 Å². The zero-order chi connectivity index (χ0) is 17.1. The van der Waals surface area contributed by atoms with Crippen LogP contribution in [0, 0.1) is 23.2 Å². The van der Waals surface area contributed by atoms with Crippen LogP contribution in [0.25, 0.3) is 0 Å². The number of anilines is 2. The molecule has 4 nitrogen and oxygen atoms in total. The molecule has 2 saturated carbocycles. The van der Waals surface area contributed by atoms with Gasteiger partial charge in [-0.2, -0.15) is 0 Å². The highest BCUT2D eigenvalue weighted by atomic mass is 15.0. The summed E-state index contributed by atoms with van der Waals surface area (Å²) in [5, 5.41) is 11.7. The third kappa shape index (κ3) is 4.22. The quantitative estimate of drug-likeness (QED) is 0.382. The highest BCUT2D eigenvalue weighted by molar-refractivity contribution is 5.98. The van der Waals surface area contributed by atoms with Gasteiger partial charge in [-0.15, -0.1) is 0 Å². The van der Waals surface area contributed by atoms with Gasteiger partial charge >= 0.3 is 0 Å². The monoisotopic (exact) mass is 328 g/mol. The van der Waals surface area contributed by atoms with E-state index in [1.807, 2.05) is 12.1 Å². The van der Waals surface area contributed by atoms with Crippen LogP contribution >= 0.6 is 0 Å². The normalized spacial score (nSPS) is 30.7. The number of hydrogen-bond donors (Lipinski definition) is 4. The maximum Gasteiger partial charge on any atom is 0.125 e. The van der Waals surface area contributed by atoms with Crippen LogP contribution in [0.5, 0.6) is 0 Å². The largest absolute Gasteiger partial charge is 0.399 e. The molecular formula is C20H32N4. The summed E-state index contributed by atoms with van der Waals surface area (Å²) in [4.78, 5) is 0. The molecule has 2 fully saturated rings. The average molecular weight is 329 g/mol. The Morgan fingerprint density at radius 1 is 0.875 bits per heavy atom. The SMILES string of the molecule is CC1CCC(C2CCC(NC(=N)c3cc(N)cc(N)c3)CC2)CC1. The maximum atomic E-state index is 8.31. The molecule has 1 aromatic carbocycles. The fraction of sp³-hybridized carbons (Fsp3) is 0.650. The second-order valence-electron chi connectivity index (χ2n) is 8.04. The van der Waals surface area contributed by atoms with Crippen LogP contribution in [0.15, 0.2) is 18.2 Å². The number of benzene rings is 1. The van der Waals surface area contributed by atoms with Crippen LogP contribution in [0.3, 0.4) is 0 Å². The van der Waals surface area contributed by atoms with Gasteiger partial charge in [0.15, 0.2) is 0 Å². The van der Waals surface area contributed by atoms with Gasteiger partial charge in [0, 0.05) is 23.0 Å². The molecule has 2 aliphatic carbocycles. The van der Waals surface area contributed by atoms with Crippen LogP contribution in [0.4, 0.5) is 11.4 Å². The minimum absolute atomic E-state index is 0.416. The van der Waals surface area contributed by atoms with Gasteiger partial charge in [-0.25, -0.2) is 0 Å². The molecule has 0 amide bonds. The van der Waals surface area contributed by atoms with Crippen LogP contribution in [0.1, 0.15) is 63.9 Å². The summed E-state index contributed by atoms with van der Waals surface area (Å²) in [6.07, 6.45) is 10.7. The Morgan fingerprint density at radius 2 is 1.38 bits per heavy atom. The van der Waals surface area contributed by atoms with E-state index in [1.54, 1.807) is 6.07 Å². The molecule has 3 rings (SSSR count). The van der Waals surface area contributed by atoms with E-state index in [4.69, 9.17) is 16.9 Å². The average Bonchev–Trinajstić information content (AvgIpc) is 2.55. The molecule has 0 aliphatic heterocycles. The van der Waals surface area contributed by atoms with Crippen molar-refractivity contribution >= 4 is 17.2 Å². The van der Waals surface area contributed by atoms with E-state index in [1.165, 1.54) is 51.4 Å². The van der Waals surface area contributed by atoms with Crippen molar-refractivity contribution in [3.05, 3.63) is 23.8 Å². The molecular weight excluding hydrogens is 296 g/mol. The molecule has 0 bridgehead atoms. The minimum Gasteiger partial charge on any atom is -0.399 e. The molecule has 0 atom stereocenters. The molecule has 0 unspecified atom stereocenters. The number of nitrogens with two attached hydrogens (primary N) is 2. The van der Waals surface area contributed by atoms with E-state index in [0.29, 0.717) is 23.3 Å². The molecule has 2 aliphatic rings. The fourth-order valence-corrected chi connectivity index (χ4v) is 4.60. The van der Waals surface area contributed by atoms with Gasteiger partial charge in [0.25, 0.3) is 0 Å². The topological polar surface area (TPSA) is 87.9 Å². The van der Waals surface area contributed by atoms with Crippen molar-refractivity contribution in [2.75, 3.05) is 11.5 Å². The predicted molar refractivity (Wildman–Crippen MR) is 102 cm³/mol. The number of nitrogens with one attached hydrogen (secondary N) is 2. The molecule has 0 spiro atoms. The van der Waals surface area contributed by atoms with E-state index >= 15 is 0 Å². The standard InChI is InChI=1S/C20H32N4/c1-13-2-4-14(5-3-13)15-6-8-19(9-7-15)24-20(23)16-10-17(21)12-18(22)11-16/h10-15,19H,2-9,21-22H2,1H3,(H2,23,24). The van der Waals surface area contributed by atoms with Crippen molar-refractivity contribution < 1.29 is 0 Å². The summed E-state index contributed by atoms with van der Waals surface area (Å²) in [6, 6.07) is 5.78.